The molecule has 0 aliphatic carbocycles. The zero-order valence-electron chi connectivity index (χ0n) is 29.1. The highest BCUT2D eigenvalue weighted by Crippen LogP contribution is 2.48. The number of nitrogens with zero attached hydrogens (tertiary/aromatic N) is 1. The summed E-state index contributed by atoms with van der Waals surface area (Å²) in [7, 11) is -2.69. The van der Waals surface area contributed by atoms with Crippen molar-refractivity contribution >= 4 is 7.75 Å². The van der Waals surface area contributed by atoms with Gasteiger partial charge in [0.05, 0.1) is 13.2 Å². The van der Waals surface area contributed by atoms with Gasteiger partial charge in [-0.05, 0) is 48.6 Å². The lowest BCUT2D eigenvalue weighted by Crippen LogP contribution is -2.45. The van der Waals surface area contributed by atoms with Crippen molar-refractivity contribution in [2.45, 2.75) is 89.4 Å². The molecule has 3 aromatic carbocycles. The molecular weight excluding hydrogens is 657 g/mol. The van der Waals surface area contributed by atoms with Gasteiger partial charge in [-0.1, -0.05) is 106 Å². The van der Waals surface area contributed by atoms with Crippen molar-refractivity contribution in [1.29, 1.82) is 0 Å². The van der Waals surface area contributed by atoms with Crippen molar-refractivity contribution in [1.82, 2.24) is 14.6 Å². The van der Waals surface area contributed by atoms with E-state index in [2.05, 4.69) is 17.0 Å². The van der Waals surface area contributed by atoms with E-state index in [1.54, 1.807) is 14.0 Å². The fraction of sp³-hybridized carbons (Fsp3) is 0.421. The molecule has 1 aliphatic heterocycles. The summed E-state index contributed by atoms with van der Waals surface area (Å²) in [6, 6.07) is 27.4. The van der Waals surface area contributed by atoms with E-state index in [0.717, 1.165) is 42.4 Å². The van der Waals surface area contributed by atoms with Gasteiger partial charge < -0.3 is 19.1 Å². The molecule has 0 amide bonds. The SMILES string of the molecule is CCCCCCNP(=O)(O)O[C@H]1C[C@H](n2cc(C)c(=O)[nH]c2=O)O[C@@H]1C(CC)OC(c1ccccc1)(c1ccccc1)c1ccc(OC)cc1. The van der Waals surface area contributed by atoms with Gasteiger partial charge >= 0.3 is 13.4 Å². The Bertz CT molecular complexity index is 1790. The maximum atomic E-state index is 13.5. The number of unbranched alkanes of at least 4 members (excludes halogenated alkanes) is 3. The molecule has 1 aromatic heterocycles. The lowest BCUT2D eigenvalue weighted by Gasteiger charge is -2.41. The first-order valence-corrected chi connectivity index (χ1v) is 18.9. The summed E-state index contributed by atoms with van der Waals surface area (Å²) in [4.78, 5) is 38.6. The van der Waals surface area contributed by atoms with E-state index >= 15 is 0 Å². The Morgan fingerprint density at radius 3 is 2.16 bits per heavy atom. The van der Waals surface area contributed by atoms with Gasteiger partial charge in [-0.3, -0.25) is 18.9 Å². The van der Waals surface area contributed by atoms with Crippen LogP contribution in [0.15, 0.2) is 101 Å². The third-order valence-corrected chi connectivity index (χ3v) is 10.3. The number of aromatic nitrogens is 2. The molecular formula is C38H48N3O8P. The number of aryl methyl sites for hydroxylation is 1. The first kappa shape index (κ1) is 37.4. The number of aromatic amines is 1. The minimum Gasteiger partial charge on any atom is -0.497 e. The fourth-order valence-electron chi connectivity index (χ4n) is 6.54. The van der Waals surface area contributed by atoms with Gasteiger partial charge in [-0.15, -0.1) is 0 Å². The highest BCUT2D eigenvalue weighted by molar-refractivity contribution is 7.50. The molecule has 5 rings (SSSR count). The van der Waals surface area contributed by atoms with Crippen molar-refractivity contribution in [3.8, 4) is 5.75 Å². The van der Waals surface area contributed by atoms with Gasteiger partial charge in [-0.2, -0.15) is 0 Å². The number of ether oxygens (including phenoxy) is 3. The van der Waals surface area contributed by atoms with Crippen molar-refractivity contribution in [2.24, 2.45) is 0 Å². The maximum Gasteiger partial charge on any atom is 0.403 e. The van der Waals surface area contributed by atoms with E-state index in [0.29, 0.717) is 24.3 Å². The summed E-state index contributed by atoms with van der Waals surface area (Å²) in [5.41, 5.74) is 0.562. The smallest absolute Gasteiger partial charge is 0.403 e. The van der Waals surface area contributed by atoms with Crippen LogP contribution >= 0.6 is 7.75 Å². The predicted molar refractivity (Wildman–Crippen MR) is 192 cm³/mol. The van der Waals surface area contributed by atoms with Crippen LogP contribution in [0.5, 0.6) is 5.75 Å². The topological polar surface area (TPSA) is 141 Å². The first-order chi connectivity index (χ1) is 24.1. The molecule has 4 aromatic rings. The Balaban J connectivity index is 1.58. The summed E-state index contributed by atoms with van der Waals surface area (Å²) in [6.07, 6.45) is 2.18. The van der Waals surface area contributed by atoms with E-state index in [9.17, 15) is 19.0 Å². The lowest BCUT2D eigenvalue weighted by molar-refractivity contribution is -0.143. The Morgan fingerprint density at radius 1 is 0.960 bits per heavy atom. The van der Waals surface area contributed by atoms with Gasteiger partial charge in [0.1, 0.15) is 29.8 Å². The number of H-pyrrole nitrogens is 1. The summed E-state index contributed by atoms with van der Waals surface area (Å²) in [5.74, 6) is 0.689. The molecule has 0 radical (unpaired) electrons. The Morgan fingerprint density at radius 2 is 1.58 bits per heavy atom. The van der Waals surface area contributed by atoms with Gasteiger partial charge in [0.15, 0.2) is 0 Å². The predicted octanol–water partition coefficient (Wildman–Crippen LogP) is 6.58. The zero-order chi connectivity index (χ0) is 35.7. The number of methoxy groups -OCH3 is 1. The standard InChI is InChI=1S/C38H48N3O8P/c1-5-7-8-15-24-39-50(44,45)49-33-25-34(41-26-27(3)36(42)40-37(41)43)47-35(33)32(6-2)48-38(28-16-11-9-12-17-28,29-18-13-10-14-19-29)30-20-22-31(46-4)23-21-30/h9-14,16-23,26,32-35H,5-8,15,24-25H2,1-4H3,(H2,39,44,45)(H,40,42,43)/t32?,33-,34+,35+/m0/s1. The highest BCUT2D eigenvalue weighted by Gasteiger charge is 2.49. The van der Waals surface area contributed by atoms with E-state index in [1.807, 2.05) is 91.9 Å². The van der Waals surface area contributed by atoms with Gasteiger partial charge in [0.2, 0.25) is 0 Å². The van der Waals surface area contributed by atoms with E-state index in [-0.39, 0.29) is 6.42 Å². The molecule has 0 bridgehead atoms. The number of rotatable bonds is 17. The third-order valence-electron chi connectivity index (χ3n) is 9.15. The zero-order valence-corrected chi connectivity index (χ0v) is 30.0. The van der Waals surface area contributed by atoms with Crippen molar-refractivity contribution < 1.29 is 28.2 Å². The number of hydrogen-bond acceptors (Lipinski definition) is 7. The molecule has 5 atom stereocenters. The minimum absolute atomic E-state index is 0.0597. The molecule has 0 spiro atoms. The average Bonchev–Trinajstić information content (AvgIpc) is 3.53. The summed E-state index contributed by atoms with van der Waals surface area (Å²) < 4.78 is 40.2. The number of hydrogen-bond donors (Lipinski definition) is 3. The first-order valence-electron chi connectivity index (χ1n) is 17.3. The average molecular weight is 706 g/mol. The Kier molecular flexibility index (Phi) is 12.7. The third kappa shape index (κ3) is 8.54. The van der Waals surface area contributed by atoms with Crippen molar-refractivity contribution in [3.05, 3.63) is 134 Å². The fourth-order valence-corrected chi connectivity index (χ4v) is 7.63. The van der Waals surface area contributed by atoms with E-state index in [1.165, 1.54) is 10.8 Å². The van der Waals surface area contributed by atoms with Crippen LogP contribution in [0, 0.1) is 6.92 Å². The summed E-state index contributed by atoms with van der Waals surface area (Å²) in [6.45, 7) is 5.96. The van der Waals surface area contributed by atoms with Crippen LogP contribution in [0.1, 0.15) is 80.9 Å². The largest absolute Gasteiger partial charge is 0.497 e. The number of nitrogens with one attached hydrogen (secondary N) is 2. The minimum atomic E-state index is -4.30. The van der Waals surface area contributed by atoms with E-state index < -0.39 is 49.1 Å². The lowest BCUT2D eigenvalue weighted by atomic mass is 9.79. The van der Waals surface area contributed by atoms with Crippen LogP contribution in [0.2, 0.25) is 0 Å². The van der Waals surface area contributed by atoms with Crippen LogP contribution in [0.4, 0.5) is 0 Å². The molecule has 3 N–H and O–H groups in total. The molecule has 1 aliphatic rings. The Labute approximate surface area is 293 Å². The molecule has 1 fully saturated rings. The molecule has 2 unspecified atom stereocenters. The van der Waals surface area contributed by atoms with E-state index in [4.69, 9.17) is 18.7 Å². The van der Waals surface area contributed by atoms with Crippen LogP contribution in [-0.2, 0) is 24.2 Å². The quantitative estimate of drug-likeness (QED) is 0.0631. The molecule has 0 saturated carbocycles. The molecule has 12 heteroatoms. The summed E-state index contributed by atoms with van der Waals surface area (Å²) in [5, 5.41) is 2.71. The van der Waals surface area contributed by atoms with Gasteiger partial charge in [0, 0.05) is 24.7 Å². The monoisotopic (exact) mass is 705 g/mol. The van der Waals surface area contributed by atoms with Crippen LogP contribution in [0.25, 0.3) is 0 Å². The van der Waals surface area contributed by atoms with Crippen LogP contribution in [0.3, 0.4) is 0 Å². The Hall–Kier alpha value is -3.83. The molecule has 268 valence electrons. The van der Waals surface area contributed by atoms with Crippen molar-refractivity contribution in [2.75, 3.05) is 13.7 Å². The van der Waals surface area contributed by atoms with Gasteiger partial charge in [-0.25, -0.2) is 14.4 Å². The van der Waals surface area contributed by atoms with Crippen molar-refractivity contribution in [3.63, 3.8) is 0 Å². The second-order valence-corrected chi connectivity index (χ2v) is 14.2. The second-order valence-electron chi connectivity index (χ2n) is 12.6. The highest BCUT2D eigenvalue weighted by atomic mass is 31.2. The van der Waals surface area contributed by atoms with Gasteiger partial charge in [0.25, 0.3) is 5.56 Å². The van der Waals surface area contributed by atoms with Crippen LogP contribution in [-0.4, -0.2) is 46.4 Å². The molecule has 2 heterocycles. The maximum absolute atomic E-state index is 13.5. The normalized spacial score (nSPS) is 19.6. The summed E-state index contributed by atoms with van der Waals surface area (Å²) >= 11 is 0. The molecule has 11 nitrogen and oxygen atoms in total. The second kappa shape index (κ2) is 16.9. The molecule has 1 saturated heterocycles. The number of benzene rings is 3. The van der Waals surface area contributed by atoms with Crippen LogP contribution < -0.4 is 21.1 Å². The molecule has 50 heavy (non-hydrogen) atoms.